The summed E-state index contributed by atoms with van der Waals surface area (Å²) in [5, 5.41) is 8.73. The second-order valence-corrected chi connectivity index (χ2v) is 5.75. The Labute approximate surface area is 102 Å². The number of likely N-dealkylation sites (N-methyl/N-ethyl adjacent to an activating group) is 1. The van der Waals surface area contributed by atoms with E-state index in [4.69, 9.17) is 11.0 Å². The predicted molar refractivity (Wildman–Crippen MR) is 65.5 cm³/mol. The number of hydrogen-bond acceptors (Lipinski definition) is 4. The zero-order chi connectivity index (χ0) is 12.9. The topological polar surface area (TPSA) is 87.2 Å². The molecule has 0 aliphatic heterocycles. The molecule has 0 heterocycles. The molecule has 1 aromatic carbocycles. The average Bonchev–Trinajstić information content (AvgIpc) is 2.29. The molecule has 92 valence electrons. The molecule has 0 spiro atoms. The maximum Gasteiger partial charge on any atom is 0.218 e. The molecule has 6 heteroatoms. The molecule has 0 aliphatic carbocycles. The maximum absolute atomic E-state index is 11.9. The van der Waals surface area contributed by atoms with Gasteiger partial charge in [-0.3, -0.25) is 0 Å². The fourth-order valence-electron chi connectivity index (χ4n) is 1.37. The van der Waals surface area contributed by atoms with Crippen LogP contribution in [0.25, 0.3) is 0 Å². The lowest BCUT2D eigenvalue weighted by molar-refractivity contribution is 0.476. The molecule has 17 heavy (non-hydrogen) atoms. The molecule has 1 aromatic rings. The number of benzene rings is 1. The van der Waals surface area contributed by atoms with Gasteiger partial charge in [-0.15, -0.1) is 0 Å². The highest BCUT2D eigenvalue weighted by Gasteiger charge is 2.17. The number of nitrogens with zero attached hydrogens (tertiary/aromatic N) is 2. The largest absolute Gasteiger partial charge is 0.329 e. The summed E-state index contributed by atoms with van der Waals surface area (Å²) in [6.45, 7) is 0.578. The van der Waals surface area contributed by atoms with Gasteiger partial charge in [-0.2, -0.15) is 5.26 Å². The second-order valence-electron chi connectivity index (χ2n) is 3.68. The zero-order valence-corrected chi connectivity index (χ0v) is 10.4. The third-order valence-corrected chi connectivity index (χ3v) is 4.15. The minimum absolute atomic E-state index is 0.112. The minimum Gasteiger partial charge on any atom is -0.329 e. The van der Waals surface area contributed by atoms with Crippen LogP contribution in [0.4, 0.5) is 0 Å². The van der Waals surface area contributed by atoms with E-state index in [1.165, 1.54) is 11.4 Å². The van der Waals surface area contributed by atoms with Crippen LogP contribution in [0.3, 0.4) is 0 Å². The van der Waals surface area contributed by atoms with Crippen LogP contribution in [-0.2, 0) is 15.8 Å². The summed E-state index contributed by atoms with van der Waals surface area (Å²) < 4.78 is 25.0. The SMILES string of the molecule is CN(CCN)S(=O)(=O)Cc1cccc(C#N)c1. The number of hydrogen-bond donors (Lipinski definition) is 1. The fourth-order valence-corrected chi connectivity index (χ4v) is 2.58. The highest BCUT2D eigenvalue weighted by molar-refractivity contribution is 7.88. The first kappa shape index (κ1) is 13.6. The lowest BCUT2D eigenvalue weighted by Gasteiger charge is -2.15. The number of nitriles is 1. The summed E-state index contributed by atoms with van der Waals surface area (Å²) in [6.07, 6.45) is 0. The maximum atomic E-state index is 11.9. The van der Waals surface area contributed by atoms with E-state index >= 15 is 0 Å². The van der Waals surface area contributed by atoms with E-state index in [0.717, 1.165) is 0 Å². The quantitative estimate of drug-likeness (QED) is 0.816. The lowest BCUT2D eigenvalue weighted by Crippen LogP contribution is -2.32. The van der Waals surface area contributed by atoms with Gasteiger partial charge in [-0.05, 0) is 17.7 Å². The van der Waals surface area contributed by atoms with Crippen molar-refractivity contribution in [3.8, 4) is 6.07 Å². The first-order chi connectivity index (χ1) is 7.99. The van der Waals surface area contributed by atoms with Gasteiger partial charge in [0.25, 0.3) is 0 Å². The highest BCUT2D eigenvalue weighted by atomic mass is 32.2. The van der Waals surface area contributed by atoms with Crippen LogP contribution in [0, 0.1) is 11.3 Å². The Bertz CT molecular complexity index is 520. The van der Waals surface area contributed by atoms with E-state index in [9.17, 15) is 8.42 Å². The predicted octanol–water partition coefficient (Wildman–Crippen LogP) is 0.279. The van der Waals surface area contributed by atoms with E-state index < -0.39 is 10.0 Å². The third kappa shape index (κ3) is 3.82. The summed E-state index contributed by atoms with van der Waals surface area (Å²) in [5.74, 6) is -0.112. The molecule has 0 unspecified atom stereocenters. The summed E-state index contributed by atoms with van der Waals surface area (Å²) in [5.41, 5.74) is 6.38. The standard InChI is InChI=1S/C11H15N3O2S/c1-14(6-5-12)17(15,16)9-11-4-2-3-10(7-11)8-13/h2-4,7H,5-6,9,12H2,1H3. The van der Waals surface area contributed by atoms with Crippen molar-refractivity contribution in [2.24, 2.45) is 5.73 Å². The van der Waals surface area contributed by atoms with Crippen molar-refractivity contribution in [1.29, 1.82) is 5.26 Å². The Kier molecular flexibility index (Phi) is 4.63. The van der Waals surface area contributed by atoms with Crippen molar-refractivity contribution >= 4 is 10.0 Å². The lowest BCUT2D eigenvalue weighted by atomic mass is 10.2. The van der Waals surface area contributed by atoms with Crippen molar-refractivity contribution in [2.75, 3.05) is 20.1 Å². The van der Waals surface area contributed by atoms with Gasteiger partial charge in [0.1, 0.15) is 0 Å². The van der Waals surface area contributed by atoms with E-state index in [1.807, 2.05) is 6.07 Å². The van der Waals surface area contributed by atoms with Crippen molar-refractivity contribution in [2.45, 2.75) is 5.75 Å². The first-order valence-electron chi connectivity index (χ1n) is 5.12. The Balaban J connectivity index is 2.87. The number of sulfonamides is 1. The Morgan fingerprint density at radius 3 is 2.76 bits per heavy atom. The van der Waals surface area contributed by atoms with Gasteiger partial charge in [0.05, 0.1) is 17.4 Å². The van der Waals surface area contributed by atoms with Gasteiger partial charge in [-0.25, -0.2) is 12.7 Å². The fraction of sp³-hybridized carbons (Fsp3) is 0.364. The molecule has 0 atom stereocenters. The third-order valence-electron chi connectivity index (χ3n) is 2.32. The molecular weight excluding hydrogens is 238 g/mol. The summed E-state index contributed by atoms with van der Waals surface area (Å²) in [4.78, 5) is 0. The van der Waals surface area contributed by atoms with Crippen LogP contribution < -0.4 is 5.73 Å². The van der Waals surface area contributed by atoms with Gasteiger partial charge >= 0.3 is 0 Å². The number of rotatable bonds is 5. The van der Waals surface area contributed by atoms with Crippen LogP contribution >= 0.6 is 0 Å². The minimum atomic E-state index is -3.36. The van der Waals surface area contributed by atoms with Crippen LogP contribution in [0.5, 0.6) is 0 Å². The van der Waals surface area contributed by atoms with Gasteiger partial charge in [0.15, 0.2) is 0 Å². The van der Waals surface area contributed by atoms with E-state index in [2.05, 4.69) is 0 Å². The van der Waals surface area contributed by atoms with Gasteiger partial charge < -0.3 is 5.73 Å². The van der Waals surface area contributed by atoms with Crippen molar-refractivity contribution in [3.63, 3.8) is 0 Å². The molecule has 2 N–H and O–H groups in total. The van der Waals surface area contributed by atoms with Gasteiger partial charge in [0, 0.05) is 20.1 Å². The van der Waals surface area contributed by atoms with Gasteiger partial charge in [0.2, 0.25) is 10.0 Å². The summed E-state index contributed by atoms with van der Waals surface area (Å²) >= 11 is 0. The molecule has 1 rings (SSSR count). The van der Waals surface area contributed by atoms with Crippen LogP contribution in [0.1, 0.15) is 11.1 Å². The number of nitrogens with two attached hydrogens (primary N) is 1. The smallest absolute Gasteiger partial charge is 0.218 e. The van der Waals surface area contributed by atoms with Crippen molar-refractivity contribution in [3.05, 3.63) is 35.4 Å². The summed E-state index contributed by atoms with van der Waals surface area (Å²) in [6, 6.07) is 8.56. The molecule has 0 radical (unpaired) electrons. The normalized spacial score (nSPS) is 11.4. The molecule has 0 aromatic heterocycles. The molecule has 0 saturated heterocycles. The van der Waals surface area contributed by atoms with E-state index in [0.29, 0.717) is 17.7 Å². The first-order valence-corrected chi connectivity index (χ1v) is 6.73. The van der Waals surface area contributed by atoms with Crippen LogP contribution in [0.15, 0.2) is 24.3 Å². The molecule has 0 bridgehead atoms. The molecule has 0 amide bonds. The highest BCUT2D eigenvalue weighted by Crippen LogP contribution is 2.11. The Hall–Kier alpha value is -1.42. The van der Waals surface area contributed by atoms with E-state index in [1.54, 1.807) is 24.3 Å². The monoisotopic (exact) mass is 253 g/mol. The molecular formula is C11H15N3O2S. The van der Waals surface area contributed by atoms with E-state index in [-0.39, 0.29) is 12.3 Å². The van der Waals surface area contributed by atoms with Crippen molar-refractivity contribution in [1.82, 2.24) is 4.31 Å². The second kappa shape index (κ2) is 5.77. The molecule has 0 saturated carbocycles. The van der Waals surface area contributed by atoms with Crippen LogP contribution in [0.2, 0.25) is 0 Å². The Morgan fingerprint density at radius 1 is 1.47 bits per heavy atom. The van der Waals surface area contributed by atoms with Gasteiger partial charge in [-0.1, -0.05) is 12.1 Å². The Morgan fingerprint density at radius 2 is 2.18 bits per heavy atom. The molecule has 5 nitrogen and oxygen atoms in total. The molecule has 0 aliphatic rings. The zero-order valence-electron chi connectivity index (χ0n) is 9.63. The van der Waals surface area contributed by atoms with Crippen LogP contribution in [-0.4, -0.2) is 32.9 Å². The van der Waals surface area contributed by atoms with Crippen molar-refractivity contribution < 1.29 is 8.42 Å². The average molecular weight is 253 g/mol. The summed E-state index contributed by atoms with van der Waals surface area (Å²) in [7, 11) is -1.86. The molecule has 0 fully saturated rings.